The Morgan fingerprint density at radius 1 is 1.27 bits per heavy atom. The van der Waals surface area contributed by atoms with Gasteiger partial charge < -0.3 is 15.0 Å². The number of ether oxygens (including phenoxy) is 1. The van der Waals surface area contributed by atoms with Crippen LogP contribution in [0.15, 0.2) is 30.3 Å². The summed E-state index contributed by atoms with van der Waals surface area (Å²) in [4.78, 5) is 31.3. The molecule has 1 aromatic rings. The molecule has 2 aliphatic heterocycles. The lowest BCUT2D eigenvalue weighted by atomic mass is 10.1. The van der Waals surface area contributed by atoms with E-state index in [0.29, 0.717) is 13.0 Å². The molecular formula is C20H24F3N3O4. The topological polar surface area (TPSA) is 79.9 Å². The normalized spacial score (nSPS) is 21.8. The molecule has 0 spiro atoms. The van der Waals surface area contributed by atoms with Crippen LogP contribution in [0.4, 0.5) is 18.0 Å². The Labute approximate surface area is 172 Å². The van der Waals surface area contributed by atoms with Crippen LogP contribution in [0.25, 0.3) is 5.70 Å². The number of hydroxylamine groups is 1. The molecule has 0 saturated carbocycles. The van der Waals surface area contributed by atoms with Crippen molar-refractivity contribution in [1.29, 1.82) is 0 Å². The number of benzene rings is 1. The van der Waals surface area contributed by atoms with Crippen LogP contribution in [-0.4, -0.2) is 47.7 Å². The van der Waals surface area contributed by atoms with Gasteiger partial charge in [-0.25, -0.2) is 4.79 Å². The first kappa shape index (κ1) is 21.9. The number of nitrogens with zero attached hydrogens (tertiary/aromatic N) is 1. The summed E-state index contributed by atoms with van der Waals surface area (Å²) >= 11 is 0. The van der Waals surface area contributed by atoms with Crippen molar-refractivity contribution in [3.63, 3.8) is 0 Å². The summed E-state index contributed by atoms with van der Waals surface area (Å²) < 4.78 is 44.1. The molecular weight excluding hydrogens is 403 g/mol. The molecule has 7 nitrogen and oxygen atoms in total. The van der Waals surface area contributed by atoms with E-state index < -0.39 is 35.6 Å². The zero-order valence-corrected chi connectivity index (χ0v) is 16.9. The van der Waals surface area contributed by atoms with Crippen molar-refractivity contribution in [1.82, 2.24) is 15.7 Å². The van der Waals surface area contributed by atoms with Gasteiger partial charge >= 0.3 is 12.3 Å². The van der Waals surface area contributed by atoms with Crippen LogP contribution in [0.1, 0.15) is 38.3 Å². The van der Waals surface area contributed by atoms with Crippen LogP contribution < -0.4 is 10.8 Å². The van der Waals surface area contributed by atoms with Crippen molar-refractivity contribution in [3.05, 3.63) is 41.5 Å². The van der Waals surface area contributed by atoms with Crippen LogP contribution in [-0.2, 0) is 20.5 Å². The van der Waals surface area contributed by atoms with Crippen LogP contribution >= 0.6 is 0 Å². The third-order valence-electron chi connectivity index (χ3n) is 4.57. The fourth-order valence-corrected chi connectivity index (χ4v) is 3.18. The molecule has 2 N–H and O–H groups in total. The molecule has 2 unspecified atom stereocenters. The molecule has 0 radical (unpaired) electrons. The summed E-state index contributed by atoms with van der Waals surface area (Å²) in [5.41, 5.74) is 1.86. The number of hydrogen-bond acceptors (Lipinski definition) is 5. The van der Waals surface area contributed by atoms with Crippen LogP contribution in [0.5, 0.6) is 0 Å². The van der Waals surface area contributed by atoms with Gasteiger partial charge in [0, 0.05) is 24.1 Å². The number of amides is 2. The minimum Gasteiger partial charge on any atom is -0.444 e. The Hall–Kier alpha value is -2.75. The second-order valence-electron chi connectivity index (χ2n) is 8.27. The Morgan fingerprint density at radius 3 is 2.67 bits per heavy atom. The number of alkyl carbamates (subject to hydrolysis) is 1. The monoisotopic (exact) mass is 427 g/mol. The molecule has 1 saturated heterocycles. The number of halogens is 3. The van der Waals surface area contributed by atoms with E-state index in [2.05, 4.69) is 10.8 Å². The third-order valence-corrected chi connectivity index (χ3v) is 4.57. The Morgan fingerprint density at radius 2 is 2.00 bits per heavy atom. The first-order valence-corrected chi connectivity index (χ1v) is 9.51. The van der Waals surface area contributed by atoms with Gasteiger partial charge in [-0.2, -0.15) is 13.2 Å². The molecule has 2 amide bonds. The third kappa shape index (κ3) is 5.44. The molecule has 2 aliphatic rings. The zero-order valence-electron chi connectivity index (χ0n) is 16.9. The highest BCUT2D eigenvalue weighted by atomic mass is 19.4. The molecule has 10 heteroatoms. The van der Waals surface area contributed by atoms with Crippen molar-refractivity contribution in [2.75, 3.05) is 13.1 Å². The molecule has 1 fully saturated rings. The molecule has 30 heavy (non-hydrogen) atoms. The van der Waals surface area contributed by atoms with E-state index in [4.69, 9.17) is 9.57 Å². The molecule has 164 valence electrons. The Kier molecular flexibility index (Phi) is 5.98. The summed E-state index contributed by atoms with van der Waals surface area (Å²) in [5.74, 6) is -0.355. The maximum absolute atomic E-state index is 12.9. The number of alkyl halides is 3. The van der Waals surface area contributed by atoms with Gasteiger partial charge in [-0.3, -0.25) is 15.1 Å². The van der Waals surface area contributed by atoms with Gasteiger partial charge in [-0.05, 0) is 39.0 Å². The molecule has 0 aromatic heterocycles. The second kappa shape index (κ2) is 8.17. The molecule has 0 aliphatic carbocycles. The smallest absolute Gasteiger partial charge is 0.416 e. The number of hydrogen-bond donors (Lipinski definition) is 2. The van der Waals surface area contributed by atoms with Crippen molar-refractivity contribution < 1.29 is 32.3 Å². The highest BCUT2D eigenvalue weighted by Crippen LogP contribution is 2.31. The average molecular weight is 427 g/mol. The highest BCUT2D eigenvalue weighted by Gasteiger charge is 2.36. The summed E-state index contributed by atoms with van der Waals surface area (Å²) in [6, 6.07) is 4.75. The Balaban J connectivity index is 1.60. The van der Waals surface area contributed by atoms with Gasteiger partial charge in [-0.1, -0.05) is 12.1 Å². The fraction of sp³-hybridized carbons (Fsp3) is 0.500. The van der Waals surface area contributed by atoms with Crippen molar-refractivity contribution >= 4 is 17.7 Å². The predicted octanol–water partition coefficient (Wildman–Crippen LogP) is 3.08. The quantitative estimate of drug-likeness (QED) is 0.775. The zero-order chi connectivity index (χ0) is 22.1. The lowest BCUT2D eigenvalue weighted by Gasteiger charge is -2.22. The maximum Gasteiger partial charge on any atom is 0.416 e. The van der Waals surface area contributed by atoms with E-state index in [0.717, 1.165) is 12.1 Å². The van der Waals surface area contributed by atoms with Crippen molar-refractivity contribution in [2.24, 2.45) is 0 Å². The van der Waals surface area contributed by atoms with E-state index in [1.165, 1.54) is 23.1 Å². The van der Waals surface area contributed by atoms with Gasteiger partial charge in [0.15, 0.2) is 6.10 Å². The second-order valence-corrected chi connectivity index (χ2v) is 8.27. The fourth-order valence-electron chi connectivity index (χ4n) is 3.18. The number of rotatable bonds is 3. The van der Waals surface area contributed by atoms with Crippen molar-refractivity contribution in [2.45, 2.75) is 51.1 Å². The first-order valence-electron chi connectivity index (χ1n) is 9.51. The van der Waals surface area contributed by atoms with Gasteiger partial charge in [0.05, 0.1) is 17.8 Å². The lowest BCUT2D eigenvalue weighted by molar-refractivity contribution is -0.141. The summed E-state index contributed by atoms with van der Waals surface area (Å²) in [5, 5.41) is 2.70. The summed E-state index contributed by atoms with van der Waals surface area (Å²) in [6.45, 7) is 6.11. The summed E-state index contributed by atoms with van der Waals surface area (Å²) in [7, 11) is 0. The lowest BCUT2D eigenvalue weighted by Crippen LogP contribution is -2.43. The summed E-state index contributed by atoms with van der Waals surface area (Å²) in [6.07, 6.45) is -4.48. The van der Waals surface area contributed by atoms with E-state index in [1.54, 1.807) is 0 Å². The van der Waals surface area contributed by atoms with Gasteiger partial charge in [0.2, 0.25) is 0 Å². The molecule has 0 bridgehead atoms. The standard InChI is InChI=1S/C20H24F3N3O4/c1-19(2,3)24-18(28)29-14-7-8-26(11-14)17(27)16-10-15(25-30-16)12-5-4-6-13(9-12)20(21,22)23/h4-6,9-10,14,16,25H,7-8,11H2,1-3H3,(H,24,28). The predicted molar refractivity (Wildman–Crippen MR) is 102 cm³/mol. The van der Waals surface area contributed by atoms with Gasteiger partial charge in [-0.15, -0.1) is 0 Å². The number of likely N-dealkylation sites (tertiary alicyclic amines) is 1. The largest absolute Gasteiger partial charge is 0.444 e. The van der Waals surface area contributed by atoms with Gasteiger partial charge in [0.25, 0.3) is 5.91 Å². The number of nitrogens with one attached hydrogen (secondary N) is 2. The molecule has 1 aromatic carbocycles. The van der Waals surface area contributed by atoms with Crippen LogP contribution in [0.3, 0.4) is 0 Å². The van der Waals surface area contributed by atoms with Crippen LogP contribution in [0.2, 0.25) is 0 Å². The molecule has 2 heterocycles. The number of carbonyl (C=O) groups is 2. The SMILES string of the molecule is CC(C)(C)NC(=O)OC1CCN(C(=O)C2C=C(c3cccc(C(F)(F)F)c3)NO2)C1. The number of carbonyl (C=O) groups excluding carboxylic acids is 2. The van der Waals surface area contributed by atoms with Gasteiger partial charge in [0.1, 0.15) is 6.10 Å². The van der Waals surface area contributed by atoms with Crippen LogP contribution in [0, 0.1) is 0 Å². The average Bonchev–Trinajstić information content (AvgIpc) is 3.28. The van der Waals surface area contributed by atoms with E-state index >= 15 is 0 Å². The van der Waals surface area contributed by atoms with E-state index in [1.807, 2.05) is 20.8 Å². The minimum absolute atomic E-state index is 0.225. The molecule has 3 rings (SSSR count). The molecule has 2 atom stereocenters. The minimum atomic E-state index is -4.46. The first-order chi connectivity index (χ1) is 13.9. The highest BCUT2D eigenvalue weighted by molar-refractivity contribution is 5.86. The Bertz CT molecular complexity index is 848. The van der Waals surface area contributed by atoms with Crippen molar-refractivity contribution in [3.8, 4) is 0 Å². The van der Waals surface area contributed by atoms with E-state index in [-0.39, 0.29) is 23.7 Å². The van der Waals surface area contributed by atoms with E-state index in [9.17, 15) is 22.8 Å². The maximum atomic E-state index is 12.9.